The molecule has 1 N–H and O–H groups in total. The average molecular weight is 346 g/mol. The van der Waals surface area contributed by atoms with E-state index in [4.69, 9.17) is 0 Å². The number of nitrogens with zero attached hydrogens (tertiary/aromatic N) is 2. The molecule has 2 heterocycles. The summed E-state index contributed by atoms with van der Waals surface area (Å²) in [6.07, 6.45) is 0. The zero-order chi connectivity index (χ0) is 13.7. The van der Waals surface area contributed by atoms with Crippen molar-refractivity contribution in [3.8, 4) is 0 Å². The van der Waals surface area contributed by atoms with Crippen molar-refractivity contribution in [1.82, 2.24) is 15.1 Å². The monoisotopic (exact) mass is 345 g/mol. The number of hydrogen-bond acceptors (Lipinski definition) is 4. The Morgan fingerprint density at radius 3 is 2.74 bits per heavy atom. The van der Waals surface area contributed by atoms with Gasteiger partial charge in [-0.25, -0.2) is 0 Å². The van der Waals surface area contributed by atoms with Gasteiger partial charge in [0.15, 0.2) is 0 Å². The number of piperazine rings is 1. The van der Waals surface area contributed by atoms with Gasteiger partial charge in [-0.1, -0.05) is 6.92 Å². The minimum absolute atomic E-state index is 0.710. The van der Waals surface area contributed by atoms with E-state index in [1.54, 1.807) is 0 Å². The zero-order valence-corrected chi connectivity index (χ0v) is 14.3. The van der Waals surface area contributed by atoms with Gasteiger partial charge < -0.3 is 15.1 Å². The summed E-state index contributed by atoms with van der Waals surface area (Å²) >= 11 is 5.39. The van der Waals surface area contributed by atoms with Crippen LogP contribution in [0.2, 0.25) is 0 Å². The van der Waals surface area contributed by atoms with Crippen LogP contribution in [-0.4, -0.2) is 56.1 Å². The molecule has 1 aromatic heterocycles. The van der Waals surface area contributed by atoms with E-state index in [1.165, 1.54) is 42.1 Å². The molecular weight excluding hydrogens is 322 g/mol. The van der Waals surface area contributed by atoms with Crippen LogP contribution in [0.5, 0.6) is 0 Å². The predicted octanol–water partition coefficient (Wildman–Crippen LogP) is 2.48. The maximum absolute atomic E-state index is 3.58. The van der Waals surface area contributed by atoms with E-state index in [0.29, 0.717) is 5.92 Å². The highest BCUT2D eigenvalue weighted by atomic mass is 79.9. The summed E-state index contributed by atoms with van der Waals surface area (Å²) in [7, 11) is 2.21. The number of hydrogen-bond donors (Lipinski definition) is 1. The Labute approximate surface area is 129 Å². The molecule has 108 valence electrons. The number of thiophene rings is 1. The van der Waals surface area contributed by atoms with Gasteiger partial charge in [0.25, 0.3) is 0 Å². The van der Waals surface area contributed by atoms with Crippen LogP contribution >= 0.6 is 27.3 Å². The number of likely N-dealkylation sites (N-methyl/N-ethyl adjacent to an activating group) is 1. The Morgan fingerprint density at radius 1 is 1.37 bits per heavy atom. The Bertz CT molecular complexity index is 375. The second-order valence-electron chi connectivity index (χ2n) is 5.53. The van der Waals surface area contributed by atoms with Crippen LogP contribution < -0.4 is 5.32 Å². The van der Waals surface area contributed by atoms with Crippen LogP contribution in [-0.2, 0) is 6.54 Å². The Kier molecular flexibility index (Phi) is 6.29. The second kappa shape index (κ2) is 7.74. The number of rotatable bonds is 6. The third-order valence-corrected chi connectivity index (χ3v) is 5.56. The lowest BCUT2D eigenvalue weighted by atomic mass is 10.1. The summed E-state index contributed by atoms with van der Waals surface area (Å²) in [5.74, 6) is 0.710. The summed E-state index contributed by atoms with van der Waals surface area (Å²) in [6, 6.07) is 2.12. The molecule has 1 unspecified atom stereocenters. The van der Waals surface area contributed by atoms with Gasteiger partial charge in [0.2, 0.25) is 0 Å². The Balaban J connectivity index is 1.62. The van der Waals surface area contributed by atoms with Gasteiger partial charge in [-0.05, 0) is 46.9 Å². The summed E-state index contributed by atoms with van der Waals surface area (Å²) < 4.78 is 1.23. The molecule has 1 aliphatic heterocycles. The van der Waals surface area contributed by atoms with Gasteiger partial charge in [-0.3, -0.25) is 0 Å². The molecule has 3 nitrogen and oxygen atoms in total. The first-order valence-electron chi connectivity index (χ1n) is 6.98. The van der Waals surface area contributed by atoms with Crippen molar-refractivity contribution in [3.05, 3.63) is 20.8 Å². The summed E-state index contributed by atoms with van der Waals surface area (Å²) in [5.41, 5.74) is 0. The van der Waals surface area contributed by atoms with E-state index in [0.717, 1.165) is 13.1 Å². The van der Waals surface area contributed by atoms with Crippen molar-refractivity contribution in [1.29, 1.82) is 0 Å². The summed E-state index contributed by atoms with van der Waals surface area (Å²) in [5, 5.41) is 5.70. The first-order valence-corrected chi connectivity index (χ1v) is 8.66. The SMILES string of the molecule is CC(CNCc1sccc1Br)CN1CCN(C)CC1. The van der Waals surface area contributed by atoms with E-state index >= 15 is 0 Å². The van der Waals surface area contributed by atoms with E-state index in [9.17, 15) is 0 Å². The highest BCUT2D eigenvalue weighted by molar-refractivity contribution is 9.10. The molecule has 1 aromatic rings. The number of nitrogens with one attached hydrogen (secondary N) is 1. The maximum Gasteiger partial charge on any atom is 0.0327 e. The molecule has 0 aromatic carbocycles. The van der Waals surface area contributed by atoms with Gasteiger partial charge in [-0.2, -0.15) is 0 Å². The quantitative estimate of drug-likeness (QED) is 0.854. The van der Waals surface area contributed by atoms with E-state index < -0.39 is 0 Å². The first-order chi connectivity index (χ1) is 9.15. The van der Waals surface area contributed by atoms with Crippen LogP contribution in [0.25, 0.3) is 0 Å². The van der Waals surface area contributed by atoms with Crippen molar-refractivity contribution >= 4 is 27.3 Å². The van der Waals surface area contributed by atoms with Crippen molar-refractivity contribution < 1.29 is 0 Å². The molecule has 0 aliphatic carbocycles. The molecule has 1 aliphatic rings. The Hall–Kier alpha value is 0.0600. The molecule has 1 atom stereocenters. The summed E-state index contributed by atoms with van der Waals surface area (Å²) in [4.78, 5) is 6.40. The third-order valence-electron chi connectivity index (χ3n) is 3.64. The molecular formula is C14H24BrN3S. The maximum atomic E-state index is 3.58. The highest BCUT2D eigenvalue weighted by Gasteiger charge is 2.15. The Morgan fingerprint density at radius 2 is 2.11 bits per heavy atom. The van der Waals surface area contributed by atoms with Crippen LogP contribution in [0, 0.1) is 5.92 Å². The van der Waals surface area contributed by atoms with Gasteiger partial charge in [0.1, 0.15) is 0 Å². The van der Waals surface area contributed by atoms with E-state index in [2.05, 4.69) is 56.5 Å². The van der Waals surface area contributed by atoms with Crippen LogP contribution in [0.15, 0.2) is 15.9 Å². The molecule has 19 heavy (non-hydrogen) atoms. The predicted molar refractivity (Wildman–Crippen MR) is 86.8 cm³/mol. The van der Waals surface area contributed by atoms with Crippen LogP contribution in [0.3, 0.4) is 0 Å². The standard InChI is InChI=1S/C14H24BrN3S/c1-12(11-18-6-4-17(2)5-7-18)9-16-10-14-13(15)3-8-19-14/h3,8,12,16H,4-7,9-11H2,1-2H3. The second-order valence-corrected chi connectivity index (χ2v) is 7.39. The first kappa shape index (κ1) is 15.4. The van der Waals surface area contributed by atoms with Crippen LogP contribution in [0.1, 0.15) is 11.8 Å². The minimum Gasteiger partial charge on any atom is -0.312 e. The van der Waals surface area contributed by atoms with Gasteiger partial charge >= 0.3 is 0 Å². The fraction of sp³-hybridized carbons (Fsp3) is 0.714. The molecule has 5 heteroatoms. The van der Waals surface area contributed by atoms with Gasteiger partial charge in [0, 0.05) is 48.6 Å². The molecule has 0 spiro atoms. The fourth-order valence-corrected chi connectivity index (χ4v) is 3.88. The molecule has 0 saturated carbocycles. The fourth-order valence-electron chi connectivity index (χ4n) is 2.42. The lowest BCUT2D eigenvalue weighted by Crippen LogP contribution is -2.46. The van der Waals surface area contributed by atoms with Crippen molar-refractivity contribution in [2.24, 2.45) is 5.92 Å². The molecule has 0 bridgehead atoms. The molecule has 0 radical (unpaired) electrons. The van der Waals surface area contributed by atoms with Crippen molar-refractivity contribution in [3.63, 3.8) is 0 Å². The zero-order valence-electron chi connectivity index (χ0n) is 11.9. The third kappa shape index (κ3) is 5.16. The minimum atomic E-state index is 0.710. The topological polar surface area (TPSA) is 18.5 Å². The molecule has 2 rings (SSSR count). The lowest BCUT2D eigenvalue weighted by molar-refractivity contribution is 0.138. The number of halogens is 1. The average Bonchev–Trinajstić information content (AvgIpc) is 2.78. The van der Waals surface area contributed by atoms with Crippen molar-refractivity contribution in [2.45, 2.75) is 13.5 Å². The molecule has 1 saturated heterocycles. The van der Waals surface area contributed by atoms with E-state index in [1.807, 2.05) is 11.3 Å². The molecule has 1 fully saturated rings. The highest BCUT2D eigenvalue weighted by Crippen LogP contribution is 2.22. The van der Waals surface area contributed by atoms with Gasteiger partial charge in [-0.15, -0.1) is 11.3 Å². The van der Waals surface area contributed by atoms with Crippen molar-refractivity contribution in [2.75, 3.05) is 46.3 Å². The van der Waals surface area contributed by atoms with Crippen LogP contribution in [0.4, 0.5) is 0 Å². The smallest absolute Gasteiger partial charge is 0.0327 e. The van der Waals surface area contributed by atoms with Gasteiger partial charge in [0.05, 0.1) is 0 Å². The molecule has 0 amide bonds. The normalized spacial score (nSPS) is 19.7. The summed E-state index contributed by atoms with van der Waals surface area (Å²) in [6.45, 7) is 10.5. The largest absolute Gasteiger partial charge is 0.312 e. The van der Waals surface area contributed by atoms with E-state index in [-0.39, 0.29) is 0 Å². The lowest BCUT2D eigenvalue weighted by Gasteiger charge is -2.34.